The van der Waals surface area contributed by atoms with Crippen LogP contribution in [0.3, 0.4) is 0 Å². The van der Waals surface area contributed by atoms with Gasteiger partial charge in [-0.05, 0) is 34.2 Å². The number of nitrogens with one attached hydrogen (secondary N) is 2. The highest BCUT2D eigenvalue weighted by molar-refractivity contribution is 7.80. The van der Waals surface area contributed by atoms with Gasteiger partial charge in [0.15, 0.2) is 0 Å². The third-order valence-electron chi connectivity index (χ3n) is 6.45. The van der Waals surface area contributed by atoms with Gasteiger partial charge in [0, 0.05) is 11.7 Å². The summed E-state index contributed by atoms with van der Waals surface area (Å²) < 4.78 is 5.33. The SMILES string of the molecule is N[C@@H](Cc1ccccc1)C(=O)N[C@@H](CS)C(=O)NCC(=O)C(=O)OCC1c2ccccc2-c2ccccc21. The fourth-order valence-corrected chi connectivity index (χ4v) is 4.73. The summed E-state index contributed by atoms with van der Waals surface area (Å²) in [4.78, 5) is 49.8. The number of esters is 1. The van der Waals surface area contributed by atoms with Crippen LogP contribution >= 0.6 is 12.6 Å². The molecule has 0 heterocycles. The largest absolute Gasteiger partial charge is 0.459 e. The van der Waals surface area contributed by atoms with Gasteiger partial charge >= 0.3 is 5.97 Å². The number of hydrogen-bond donors (Lipinski definition) is 4. The molecule has 0 spiro atoms. The normalized spacial score (nSPS) is 13.5. The molecule has 0 saturated carbocycles. The molecule has 9 heteroatoms. The molecule has 0 radical (unpaired) electrons. The van der Waals surface area contributed by atoms with Crippen molar-refractivity contribution in [3.05, 3.63) is 95.6 Å². The minimum absolute atomic E-state index is 0.00116. The number of carbonyl (C=O) groups is 4. The summed E-state index contributed by atoms with van der Waals surface area (Å²) >= 11 is 4.12. The molecule has 0 bridgehead atoms. The van der Waals surface area contributed by atoms with Crippen LogP contribution in [0.25, 0.3) is 11.1 Å². The average Bonchev–Trinajstić information content (AvgIpc) is 3.27. The monoisotopic (exact) mass is 531 g/mol. The van der Waals surface area contributed by atoms with Crippen molar-refractivity contribution in [1.82, 2.24) is 10.6 Å². The van der Waals surface area contributed by atoms with Crippen LogP contribution in [0.1, 0.15) is 22.6 Å². The Hall–Kier alpha value is -3.95. The minimum Gasteiger partial charge on any atom is -0.459 e. The number of benzene rings is 3. The van der Waals surface area contributed by atoms with Gasteiger partial charge in [0.2, 0.25) is 11.8 Å². The first kappa shape index (κ1) is 27.1. The molecule has 4 N–H and O–H groups in total. The summed E-state index contributed by atoms with van der Waals surface area (Å²) in [5, 5.41) is 4.91. The lowest BCUT2D eigenvalue weighted by Gasteiger charge is -2.19. The second-order valence-electron chi connectivity index (χ2n) is 9.01. The molecule has 1 aliphatic rings. The Balaban J connectivity index is 1.26. The van der Waals surface area contributed by atoms with Crippen molar-refractivity contribution in [2.45, 2.75) is 24.4 Å². The van der Waals surface area contributed by atoms with E-state index in [0.717, 1.165) is 27.8 Å². The van der Waals surface area contributed by atoms with Crippen LogP contribution in [-0.2, 0) is 30.3 Å². The third kappa shape index (κ3) is 6.30. The molecule has 0 aromatic heterocycles. The third-order valence-corrected chi connectivity index (χ3v) is 6.81. The number of ether oxygens (including phenoxy) is 1. The van der Waals surface area contributed by atoms with E-state index < -0.39 is 42.2 Å². The van der Waals surface area contributed by atoms with E-state index in [0.29, 0.717) is 6.42 Å². The van der Waals surface area contributed by atoms with E-state index in [9.17, 15) is 19.2 Å². The molecule has 38 heavy (non-hydrogen) atoms. The number of fused-ring (bicyclic) bond motifs is 3. The zero-order valence-electron chi connectivity index (χ0n) is 20.6. The number of ketones is 1. The lowest BCUT2D eigenvalue weighted by Crippen LogP contribution is -2.53. The van der Waals surface area contributed by atoms with E-state index in [2.05, 4.69) is 23.3 Å². The van der Waals surface area contributed by atoms with Gasteiger partial charge in [-0.15, -0.1) is 0 Å². The van der Waals surface area contributed by atoms with Gasteiger partial charge in [0.05, 0.1) is 12.6 Å². The molecule has 0 fully saturated rings. The van der Waals surface area contributed by atoms with Gasteiger partial charge in [-0.3, -0.25) is 14.4 Å². The van der Waals surface area contributed by atoms with Gasteiger partial charge in [-0.1, -0.05) is 78.9 Å². The first-order valence-electron chi connectivity index (χ1n) is 12.3. The van der Waals surface area contributed by atoms with Crippen molar-refractivity contribution >= 4 is 36.2 Å². The van der Waals surface area contributed by atoms with Gasteiger partial charge in [0.1, 0.15) is 12.6 Å². The first-order chi connectivity index (χ1) is 18.4. The van der Waals surface area contributed by atoms with Gasteiger partial charge in [-0.2, -0.15) is 12.6 Å². The van der Waals surface area contributed by atoms with Crippen molar-refractivity contribution in [1.29, 1.82) is 0 Å². The second-order valence-corrected chi connectivity index (χ2v) is 9.37. The van der Waals surface area contributed by atoms with E-state index in [4.69, 9.17) is 10.5 Å². The van der Waals surface area contributed by atoms with Crippen molar-refractivity contribution in [3.8, 4) is 11.1 Å². The van der Waals surface area contributed by atoms with Crippen molar-refractivity contribution < 1.29 is 23.9 Å². The van der Waals surface area contributed by atoms with E-state index in [-0.39, 0.29) is 18.3 Å². The fourth-order valence-electron chi connectivity index (χ4n) is 4.48. The zero-order valence-corrected chi connectivity index (χ0v) is 21.5. The van der Waals surface area contributed by atoms with Crippen LogP contribution in [0, 0.1) is 0 Å². The molecule has 3 aromatic carbocycles. The number of Topliss-reactive ketones (excluding diaryl/α,β-unsaturated/α-hetero) is 1. The maximum absolute atomic E-state index is 12.5. The Bertz CT molecular complexity index is 1290. The molecular weight excluding hydrogens is 502 g/mol. The van der Waals surface area contributed by atoms with Gasteiger partial charge in [0.25, 0.3) is 5.78 Å². The Labute approximate surface area is 226 Å². The van der Waals surface area contributed by atoms with Crippen LogP contribution < -0.4 is 16.4 Å². The number of carbonyl (C=O) groups excluding carboxylic acids is 4. The van der Waals surface area contributed by atoms with Gasteiger partial charge in [-0.25, -0.2) is 4.79 Å². The molecule has 196 valence electrons. The molecule has 0 aliphatic heterocycles. The maximum atomic E-state index is 12.5. The highest BCUT2D eigenvalue weighted by Crippen LogP contribution is 2.44. The van der Waals surface area contributed by atoms with Crippen LogP contribution in [0.15, 0.2) is 78.9 Å². The zero-order chi connectivity index (χ0) is 27.1. The Morgan fingerprint density at radius 1 is 0.842 bits per heavy atom. The summed E-state index contributed by atoms with van der Waals surface area (Å²) in [5.41, 5.74) is 11.1. The van der Waals surface area contributed by atoms with Crippen LogP contribution in [0.5, 0.6) is 0 Å². The Morgan fingerprint density at radius 3 is 2.03 bits per heavy atom. The second kappa shape index (κ2) is 12.5. The standard InChI is InChI=1S/C29H29N3O5S/c30-24(14-18-8-2-1-3-9-18)27(34)32-25(17-38)28(35)31-15-26(33)29(36)37-16-23-21-12-6-4-10-19(21)20-11-5-7-13-22(20)23/h1-13,23-25,38H,14-17,30H2,(H,31,35)(H,32,34)/t24-,25-/m0/s1. The predicted octanol–water partition coefficient (Wildman–Crippen LogP) is 2.01. The van der Waals surface area contributed by atoms with E-state index >= 15 is 0 Å². The van der Waals surface area contributed by atoms with Crippen molar-refractivity contribution in [2.75, 3.05) is 18.9 Å². The maximum Gasteiger partial charge on any atom is 0.376 e. The van der Waals surface area contributed by atoms with Gasteiger partial charge < -0.3 is 21.1 Å². The Kier molecular flexibility index (Phi) is 8.93. The highest BCUT2D eigenvalue weighted by atomic mass is 32.1. The summed E-state index contributed by atoms with van der Waals surface area (Å²) in [7, 11) is 0. The number of hydrogen-bond acceptors (Lipinski definition) is 7. The highest BCUT2D eigenvalue weighted by Gasteiger charge is 2.30. The average molecular weight is 532 g/mol. The van der Waals surface area contributed by atoms with Crippen LogP contribution in [-0.4, -0.2) is 54.6 Å². The first-order valence-corrected chi connectivity index (χ1v) is 12.9. The topological polar surface area (TPSA) is 128 Å². The van der Waals surface area contributed by atoms with Crippen LogP contribution in [0.2, 0.25) is 0 Å². The van der Waals surface area contributed by atoms with E-state index in [1.807, 2.05) is 78.9 Å². The number of amides is 2. The summed E-state index contributed by atoms with van der Waals surface area (Å²) in [6.07, 6.45) is 0.299. The summed E-state index contributed by atoms with van der Waals surface area (Å²) in [6.45, 7) is -0.563. The van der Waals surface area contributed by atoms with Crippen molar-refractivity contribution in [2.24, 2.45) is 5.73 Å². The summed E-state index contributed by atoms with van der Waals surface area (Å²) in [6, 6.07) is 23.1. The molecule has 4 rings (SSSR count). The quantitative estimate of drug-likeness (QED) is 0.170. The molecule has 8 nitrogen and oxygen atoms in total. The number of nitrogens with two attached hydrogens (primary N) is 1. The molecule has 2 amide bonds. The molecule has 3 aromatic rings. The molecule has 0 unspecified atom stereocenters. The Morgan fingerprint density at radius 2 is 1.42 bits per heavy atom. The van der Waals surface area contributed by atoms with E-state index in [1.165, 1.54) is 0 Å². The number of rotatable bonds is 11. The van der Waals surface area contributed by atoms with E-state index in [1.54, 1.807) is 0 Å². The molecule has 2 atom stereocenters. The smallest absolute Gasteiger partial charge is 0.376 e. The minimum atomic E-state index is -1.04. The number of thiol groups is 1. The molecule has 0 saturated heterocycles. The fraction of sp³-hybridized carbons (Fsp3) is 0.241. The molecule has 1 aliphatic carbocycles. The van der Waals surface area contributed by atoms with Crippen molar-refractivity contribution in [3.63, 3.8) is 0 Å². The lowest BCUT2D eigenvalue weighted by molar-refractivity contribution is -0.153. The summed E-state index contributed by atoms with van der Waals surface area (Å²) in [5.74, 6) is -3.32. The van der Waals surface area contributed by atoms with Crippen LogP contribution in [0.4, 0.5) is 0 Å². The molecular formula is C29H29N3O5S. The lowest BCUT2D eigenvalue weighted by atomic mass is 9.98. The predicted molar refractivity (Wildman–Crippen MR) is 147 cm³/mol.